The van der Waals surface area contributed by atoms with Gasteiger partial charge in [0.2, 0.25) is 0 Å². The zero-order valence-corrected chi connectivity index (χ0v) is 54.3. The third kappa shape index (κ3) is 51.7. The Morgan fingerprint density at radius 2 is 1.01 bits per heavy atom. The van der Waals surface area contributed by atoms with Crippen LogP contribution in [0.15, 0.2) is 60.7 Å². The fraction of sp³-hybridized carbons (Fsp3) is 0.717. The van der Waals surface area contributed by atoms with E-state index in [-0.39, 0.29) is 45.1 Å². The lowest BCUT2D eigenvalue weighted by molar-refractivity contribution is -0.00360. The summed E-state index contributed by atoms with van der Waals surface area (Å²) in [4.78, 5) is 51.5. The van der Waals surface area contributed by atoms with Crippen LogP contribution in [0.5, 0.6) is 0 Å². The maximum absolute atomic E-state index is 12.6. The van der Waals surface area contributed by atoms with Crippen LogP contribution in [0.3, 0.4) is 0 Å². The third-order valence-corrected chi connectivity index (χ3v) is 15.2. The molecule has 2 aromatic rings. The molecule has 2 aromatic carbocycles. The quantitative estimate of drug-likeness (QED) is 0.0174. The van der Waals surface area contributed by atoms with Crippen molar-refractivity contribution in [2.75, 3.05) is 102 Å². The van der Waals surface area contributed by atoms with E-state index in [4.69, 9.17) is 48.7 Å². The van der Waals surface area contributed by atoms with Gasteiger partial charge >= 0.3 is 35.4 Å². The van der Waals surface area contributed by atoms with Gasteiger partial charge in [0.15, 0.2) is 0 Å². The Morgan fingerprint density at radius 3 is 1.40 bits per heavy atom. The van der Waals surface area contributed by atoms with Crippen LogP contribution in [0.2, 0.25) is 0 Å². The lowest BCUT2D eigenvalue weighted by Gasteiger charge is -2.35. The summed E-state index contributed by atoms with van der Waals surface area (Å²) in [5.74, 6) is -0.918. The first-order valence-electron chi connectivity index (χ1n) is 27.5. The number of carbonyl (C=O) groups is 2. The molecule has 0 saturated carbocycles. The van der Waals surface area contributed by atoms with Gasteiger partial charge < -0.3 is 59.8 Å². The summed E-state index contributed by atoms with van der Waals surface area (Å²) in [5, 5.41) is 32.3. The number of hydrogen-bond donors (Lipinski definition) is 8. The Kier molecular flexibility index (Phi) is 60.0. The molecule has 0 aliphatic rings. The first-order valence-corrected chi connectivity index (χ1v) is 33.2. The van der Waals surface area contributed by atoms with Gasteiger partial charge in [-0.25, -0.2) is 28.0 Å². The number of phosphoric acid groups is 3. The van der Waals surface area contributed by atoms with Crippen molar-refractivity contribution < 1.29 is 93.8 Å². The average molecular weight is 1250 g/mol. The molecular formula is C53H103N5O20P4. The third-order valence-electron chi connectivity index (χ3n) is 10.2. The molecule has 0 radical (unpaired) electrons. The topological polar surface area (TPSA) is 356 Å². The standard InChI is InChI=1S/C29H39N2O6P.2C7H18NO4P.C7H17O6P.C2H6.CH5N/c1-23(2)31(24(3)4)38(36-21-13-19-30)35-20-12-11-18-27(37-29(33)26-16-9-6-10-17-26)22-34-28(32)25-14-7-5-8-15-25;2*1-8-6-4-3-5-7-12-13(9,10)11-2;1-12-14(10,11)13-5-3-2-4-7(9)6-8;2*1-2/h5-10,14-17,23-24,27H,11-13,18,20-22H2,1-4H3;2*8H,3-7H2,1-2H3,(H,9,10);7-9H,2-6H2,1H3,(H,10,11);1-2H3;2H2,1H3. The van der Waals surface area contributed by atoms with Crippen molar-refractivity contribution in [3.05, 3.63) is 71.8 Å². The van der Waals surface area contributed by atoms with E-state index in [1.54, 1.807) is 48.5 Å². The average Bonchev–Trinajstić information content (AvgIpc) is 3.50. The molecule has 0 aliphatic carbocycles. The Morgan fingerprint density at radius 1 is 0.622 bits per heavy atom. The van der Waals surface area contributed by atoms with Crippen molar-refractivity contribution in [2.45, 2.75) is 149 Å². The van der Waals surface area contributed by atoms with Gasteiger partial charge in [0.1, 0.15) is 12.7 Å². The lowest BCUT2D eigenvalue weighted by Crippen LogP contribution is -2.33. The molecular weight excluding hydrogens is 1150 g/mol. The van der Waals surface area contributed by atoms with Crippen molar-refractivity contribution in [3.63, 3.8) is 0 Å². The predicted octanol–water partition coefficient (Wildman–Crippen LogP) is 9.69. The Labute approximate surface area is 491 Å². The largest absolute Gasteiger partial charge is 0.471 e. The highest BCUT2D eigenvalue weighted by Gasteiger charge is 2.27. The number of nitrogens with zero attached hydrogens (tertiary/aromatic N) is 2. The van der Waals surface area contributed by atoms with Gasteiger partial charge in [-0.3, -0.25) is 27.1 Å². The molecule has 2 rings (SSSR count). The fourth-order valence-electron chi connectivity index (χ4n) is 6.16. The molecule has 82 heavy (non-hydrogen) atoms. The fourth-order valence-corrected chi connectivity index (χ4v) is 9.18. The van der Waals surface area contributed by atoms with Crippen LogP contribution < -0.4 is 16.4 Å². The van der Waals surface area contributed by atoms with E-state index in [9.17, 15) is 23.3 Å². The van der Waals surface area contributed by atoms with E-state index in [2.05, 4.69) is 81.9 Å². The normalized spacial score (nSPS) is 14.0. The predicted molar refractivity (Wildman–Crippen MR) is 320 cm³/mol. The summed E-state index contributed by atoms with van der Waals surface area (Å²) in [5.41, 5.74) is 5.39. The van der Waals surface area contributed by atoms with Gasteiger partial charge in [0.25, 0.3) is 8.53 Å². The van der Waals surface area contributed by atoms with Gasteiger partial charge in [0, 0.05) is 33.4 Å². The van der Waals surface area contributed by atoms with Crippen LogP contribution in [0, 0.1) is 11.3 Å². The second-order valence-corrected chi connectivity index (χ2v) is 23.5. The number of ether oxygens (including phenoxy) is 2. The molecule has 0 amide bonds. The van der Waals surface area contributed by atoms with Gasteiger partial charge in [0.05, 0.1) is 69.4 Å². The first kappa shape index (κ1) is 85.8. The number of rotatable bonds is 41. The van der Waals surface area contributed by atoms with Crippen LogP contribution in [0.1, 0.15) is 146 Å². The van der Waals surface area contributed by atoms with E-state index in [0.717, 1.165) is 72.9 Å². The number of benzene rings is 2. The molecule has 29 heteroatoms. The van der Waals surface area contributed by atoms with Crippen molar-refractivity contribution in [1.29, 1.82) is 5.26 Å². The molecule has 0 saturated heterocycles. The number of nitrogens with one attached hydrogen (secondary N) is 2. The van der Waals surface area contributed by atoms with E-state index in [1.807, 2.05) is 40.1 Å². The zero-order chi connectivity index (χ0) is 63.1. The molecule has 0 bridgehead atoms. The Bertz CT molecular complexity index is 1920. The summed E-state index contributed by atoms with van der Waals surface area (Å²) >= 11 is 0. The van der Waals surface area contributed by atoms with Crippen molar-refractivity contribution in [2.24, 2.45) is 5.73 Å². The Hall–Kier alpha value is -2.69. The number of carbonyl (C=O) groups excluding carboxylic acids is 2. The van der Waals surface area contributed by atoms with E-state index in [0.29, 0.717) is 69.3 Å². The second kappa shape index (κ2) is 57.4. The van der Waals surface area contributed by atoms with Crippen molar-refractivity contribution in [1.82, 2.24) is 15.3 Å². The maximum atomic E-state index is 12.6. The summed E-state index contributed by atoms with van der Waals surface area (Å²) in [6, 6.07) is 20.0. The summed E-state index contributed by atoms with van der Waals surface area (Å²) < 4.78 is 84.2. The maximum Gasteiger partial charge on any atom is 0.471 e. The van der Waals surface area contributed by atoms with Crippen LogP contribution in [0.4, 0.5) is 0 Å². The second-order valence-electron chi connectivity index (χ2n) is 17.3. The monoisotopic (exact) mass is 1250 g/mol. The molecule has 25 nitrogen and oxygen atoms in total. The molecule has 0 aromatic heterocycles. The minimum Gasteiger partial charge on any atom is -0.458 e. The lowest BCUT2D eigenvalue weighted by atomic mass is 10.1. The summed E-state index contributed by atoms with van der Waals surface area (Å²) in [6.45, 7) is 15.4. The minimum absolute atomic E-state index is 0.0361. The van der Waals surface area contributed by atoms with Gasteiger partial charge in [-0.15, -0.1) is 0 Å². The molecule has 6 atom stereocenters. The highest BCUT2D eigenvalue weighted by atomic mass is 31.2. The minimum atomic E-state index is -3.86. The highest BCUT2D eigenvalue weighted by molar-refractivity contribution is 7.47. The summed E-state index contributed by atoms with van der Waals surface area (Å²) in [6.07, 6.45) is 8.09. The SMILES string of the molecule is CC.CC(C)N(C(C)C)P(OCCC#N)OCCCCC(COC(=O)c1ccccc1)OC(=O)c1ccccc1.CN.CNCCCCCOP(=O)(O)OC.CNCCCCCOP(=O)(O)OC.COP(=O)(O)OCCCCC(O)CO. The number of unbranched alkanes of at least 4 members (excludes halogenated alkanes) is 6. The summed E-state index contributed by atoms with van der Waals surface area (Å²) in [7, 11) is -3.96. The van der Waals surface area contributed by atoms with Crippen LogP contribution in [0.25, 0.3) is 0 Å². The molecule has 0 aliphatic heterocycles. The van der Waals surface area contributed by atoms with Crippen LogP contribution in [-0.2, 0) is 59.4 Å². The Balaban J connectivity index is -0.000000566. The van der Waals surface area contributed by atoms with Gasteiger partial charge in [-0.2, -0.15) is 5.26 Å². The van der Waals surface area contributed by atoms with E-state index in [1.165, 1.54) is 7.05 Å². The molecule has 0 heterocycles. The van der Waals surface area contributed by atoms with Crippen molar-refractivity contribution >= 4 is 43.9 Å². The molecule has 0 fully saturated rings. The van der Waals surface area contributed by atoms with Crippen molar-refractivity contribution in [3.8, 4) is 6.07 Å². The number of phosphoric ester groups is 3. The van der Waals surface area contributed by atoms with Crippen LogP contribution >= 0.6 is 32.0 Å². The van der Waals surface area contributed by atoms with Gasteiger partial charge in [-0.05, 0) is 163 Å². The zero-order valence-electron chi connectivity index (χ0n) is 50.8. The molecule has 6 unspecified atom stereocenters. The first-order chi connectivity index (χ1) is 39.1. The van der Waals surface area contributed by atoms with E-state index >= 15 is 0 Å². The molecule has 0 spiro atoms. The smallest absolute Gasteiger partial charge is 0.458 e. The number of hydrogen-bond acceptors (Lipinski definition) is 22. The number of aliphatic hydroxyl groups is 2. The number of aliphatic hydroxyl groups excluding tert-OH is 2. The molecule has 480 valence electrons. The highest BCUT2D eigenvalue weighted by Crippen LogP contribution is 2.46. The number of nitriles is 1. The number of nitrogens with two attached hydrogens (primary N) is 1. The molecule has 9 N–H and O–H groups in total. The van der Waals surface area contributed by atoms with Crippen LogP contribution in [-0.4, -0.2) is 168 Å². The van der Waals surface area contributed by atoms with E-state index < -0.39 is 56.1 Å². The number of esters is 2. The van der Waals surface area contributed by atoms with Gasteiger partial charge in [-0.1, -0.05) is 50.2 Å².